The van der Waals surface area contributed by atoms with Gasteiger partial charge < -0.3 is 11.1 Å². The van der Waals surface area contributed by atoms with Crippen LogP contribution in [0.1, 0.15) is 44.6 Å². The summed E-state index contributed by atoms with van der Waals surface area (Å²) in [6.45, 7) is 7.60. The van der Waals surface area contributed by atoms with Crippen LogP contribution in [0.25, 0.3) is 0 Å². The molecule has 3 rings (SSSR count). The summed E-state index contributed by atoms with van der Waals surface area (Å²) in [5, 5.41) is 3.30. The lowest BCUT2D eigenvalue weighted by molar-refractivity contribution is -0.123. The number of carbonyl (C=O) groups is 1. The molecule has 0 bridgehead atoms. The summed E-state index contributed by atoms with van der Waals surface area (Å²) in [7, 11) is 0. The molecule has 1 aromatic carbocycles. The van der Waals surface area contributed by atoms with Crippen molar-refractivity contribution in [3.05, 3.63) is 35.9 Å². The van der Waals surface area contributed by atoms with Crippen LogP contribution in [0.2, 0.25) is 0 Å². The fourth-order valence-electron chi connectivity index (χ4n) is 4.65. The predicted octanol–water partition coefficient (Wildman–Crippen LogP) is 3.02. The molecule has 1 aliphatic carbocycles. The van der Waals surface area contributed by atoms with Gasteiger partial charge in [0, 0.05) is 25.0 Å². The molecule has 1 saturated heterocycles. The Morgan fingerprint density at radius 3 is 2.62 bits per heavy atom. The molecule has 1 aromatic rings. The van der Waals surface area contributed by atoms with Gasteiger partial charge in [-0.1, -0.05) is 57.0 Å². The molecule has 1 aliphatic heterocycles. The second kappa shape index (κ2) is 9.72. The largest absolute Gasteiger partial charge is 0.352 e. The van der Waals surface area contributed by atoms with Crippen molar-refractivity contribution in [1.82, 2.24) is 10.2 Å². The first-order chi connectivity index (χ1) is 12.1. The van der Waals surface area contributed by atoms with Gasteiger partial charge in [-0.25, -0.2) is 0 Å². The second-order valence-electron chi connectivity index (χ2n) is 8.15. The zero-order valence-corrected chi connectivity index (χ0v) is 16.9. The van der Waals surface area contributed by atoms with Crippen molar-refractivity contribution in [2.45, 2.75) is 45.1 Å². The first kappa shape index (κ1) is 21.2. The van der Waals surface area contributed by atoms with Gasteiger partial charge in [-0.3, -0.25) is 9.69 Å². The van der Waals surface area contributed by atoms with Gasteiger partial charge in [-0.2, -0.15) is 0 Å². The predicted molar refractivity (Wildman–Crippen MR) is 110 cm³/mol. The molecule has 2 aliphatic rings. The summed E-state index contributed by atoms with van der Waals surface area (Å²) in [6.07, 6.45) is 3.64. The number of hydrogen-bond acceptors (Lipinski definition) is 3. The minimum absolute atomic E-state index is 0. The average Bonchev–Trinajstić information content (AvgIpc) is 3.02. The number of hydrogen-bond donors (Lipinski definition) is 2. The van der Waals surface area contributed by atoms with Crippen LogP contribution in [-0.4, -0.2) is 43.0 Å². The maximum Gasteiger partial charge on any atom is 0.234 e. The van der Waals surface area contributed by atoms with Crippen molar-refractivity contribution < 1.29 is 4.79 Å². The Morgan fingerprint density at radius 1 is 1.19 bits per heavy atom. The molecule has 4 nitrogen and oxygen atoms in total. The quantitative estimate of drug-likeness (QED) is 0.826. The molecule has 1 saturated carbocycles. The van der Waals surface area contributed by atoms with Crippen molar-refractivity contribution >= 4 is 18.3 Å². The lowest BCUT2D eigenvalue weighted by Gasteiger charge is -2.35. The lowest BCUT2D eigenvalue weighted by atomic mass is 9.78. The van der Waals surface area contributed by atoms with Crippen molar-refractivity contribution in [3.8, 4) is 0 Å². The van der Waals surface area contributed by atoms with E-state index in [2.05, 4.69) is 48.3 Å². The second-order valence-corrected chi connectivity index (χ2v) is 8.15. The molecule has 5 heteroatoms. The fraction of sp³-hybridized carbons (Fsp3) is 0.667. The van der Waals surface area contributed by atoms with Gasteiger partial charge in [-0.05, 0) is 36.3 Å². The van der Waals surface area contributed by atoms with E-state index in [-0.39, 0.29) is 18.3 Å². The van der Waals surface area contributed by atoms with Crippen molar-refractivity contribution in [1.29, 1.82) is 0 Å². The third-order valence-electron chi connectivity index (χ3n) is 6.47. The van der Waals surface area contributed by atoms with Gasteiger partial charge in [0.15, 0.2) is 0 Å². The highest BCUT2D eigenvalue weighted by atomic mass is 35.5. The molecule has 0 aromatic heterocycles. The van der Waals surface area contributed by atoms with Crippen LogP contribution in [0, 0.1) is 17.8 Å². The van der Waals surface area contributed by atoms with Crippen LogP contribution >= 0.6 is 12.4 Å². The number of amides is 1. The van der Waals surface area contributed by atoms with Crippen molar-refractivity contribution in [3.63, 3.8) is 0 Å². The Bertz CT molecular complexity index is 568. The van der Waals surface area contributed by atoms with Gasteiger partial charge >= 0.3 is 0 Å². The molecule has 26 heavy (non-hydrogen) atoms. The van der Waals surface area contributed by atoms with E-state index in [1.807, 2.05) is 6.07 Å². The molecule has 2 fully saturated rings. The van der Waals surface area contributed by atoms with Gasteiger partial charge in [0.2, 0.25) is 5.91 Å². The zero-order chi connectivity index (χ0) is 17.8. The molecule has 0 spiro atoms. The van der Waals surface area contributed by atoms with E-state index in [4.69, 9.17) is 5.73 Å². The van der Waals surface area contributed by atoms with Crippen LogP contribution in [-0.2, 0) is 4.79 Å². The number of benzene rings is 1. The number of nitrogens with one attached hydrogen (secondary N) is 1. The lowest BCUT2D eigenvalue weighted by Crippen LogP contribution is -2.47. The number of halogens is 1. The number of rotatable bonds is 5. The minimum atomic E-state index is 0. The molecule has 146 valence electrons. The number of nitrogens with zero attached hydrogens (tertiary/aromatic N) is 1. The van der Waals surface area contributed by atoms with Gasteiger partial charge in [0.1, 0.15) is 0 Å². The molecular formula is C21H34ClN3O. The van der Waals surface area contributed by atoms with Crippen molar-refractivity contribution in [2.75, 3.05) is 26.2 Å². The summed E-state index contributed by atoms with van der Waals surface area (Å²) in [5.74, 6) is 2.33. The molecule has 5 atom stereocenters. The summed E-state index contributed by atoms with van der Waals surface area (Å²) >= 11 is 0. The Hall–Kier alpha value is -1.10. The molecule has 1 heterocycles. The van der Waals surface area contributed by atoms with Crippen LogP contribution in [0.3, 0.4) is 0 Å². The monoisotopic (exact) mass is 379 g/mol. The van der Waals surface area contributed by atoms with E-state index >= 15 is 0 Å². The number of likely N-dealkylation sites (tertiary alicyclic amines) is 1. The third kappa shape index (κ3) is 4.99. The normalized spacial score (nSPS) is 32.0. The van der Waals surface area contributed by atoms with E-state index < -0.39 is 0 Å². The summed E-state index contributed by atoms with van der Waals surface area (Å²) in [5.41, 5.74) is 7.35. The van der Waals surface area contributed by atoms with Crippen LogP contribution < -0.4 is 11.1 Å². The molecule has 1 amide bonds. The van der Waals surface area contributed by atoms with Crippen molar-refractivity contribution in [2.24, 2.45) is 23.5 Å². The standard InChI is InChI=1S/C21H33N3O.ClH/c1-15-7-6-10-20(16(15)2)23-21(25)14-24-12-18(11-22)19(13-24)17-8-4-3-5-9-17;/h3-5,8-9,15-16,18-20H,6-7,10-14,22H2,1-2H3,(H,23,25);1H/t15?,16?,18-,19+,20?;/m1./s1. The topological polar surface area (TPSA) is 58.4 Å². The highest BCUT2D eigenvalue weighted by molar-refractivity contribution is 5.85. The summed E-state index contributed by atoms with van der Waals surface area (Å²) in [6, 6.07) is 10.9. The Labute approximate surface area is 164 Å². The summed E-state index contributed by atoms with van der Waals surface area (Å²) in [4.78, 5) is 14.9. The van der Waals surface area contributed by atoms with E-state index in [9.17, 15) is 4.79 Å². The zero-order valence-electron chi connectivity index (χ0n) is 16.1. The van der Waals surface area contributed by atoms with E-state index in [1.54, 1.807) is 0 Å². The van der Waals surface area contributed by atoms with Gasteiger partial charge in [-0.15, -0.1) is 12.4 Å². The number of carbonyl (C=O) groups excluding carboxylic acids is 1. The minimum Gasteiger partial charge on any atom is -0.352 e. The maximum absolute atomic E-state index is 12.6. The Kier molecular flexibility index (Phi) is 7.93. The van der Waals surface area contributed by atoms with Gasteiger partial charge in [0.25, 0.3) is 0 Å². The average molecular weight is 380 g/mol. The Balaban J connectivity index is 0.00000243. The molecule has 3 N–H and O–H groups in total. The highest BCUT2D eigenvalue weighted by Crippen LogP contribution is 2.32. The van der Waals surface area contributed by atoms with E-state index in [1.165, 1.54) is 18.4 Å². The summed E-state index contributed by atoms with van der Waals surface area (Å²) < 4.78 is 0. The molecular weight excluding hydrogens is 346 g/mol. The Morgan fingerprint density at radius 2 is 1.92 bits per heavy atom. The van der Waals surface area contributed by atoms with Crippen LogP contribution in [0.15, 0.2) is 30.3 Å². The van der Waals surface area contributed by atoms with E-state index in [0.717, 1.165) is 19.5 Å². The third-order valence-corrected chi connectivity index (χ3v) is 6.47. The molecule has 0 radical (unpaired) electrons. The van der Waals surface area contributed by atoms with E-state index in [0.29, 0.717) is 42.8 Å². The maximum atomic E-state index is 12.6. The van der Waals surface area contributed by atoms with Crippen LogP contribution in [0.5, 0.6) is 0 Å². The fourth-order valence-corrected chi connectivity index (χ4v) is 4.65. The van der Waals surface area contributed by atoms with Gasteiger partial charge in [0.05, 0.1) is 6.54 Å². The van der Waals surface area contributed by atoms with Crippen LogP contribution in [0.4, 0.5) is 0 Å². The first-order valence-corrected chi connectivity index (χ1v) is 9.85. The molecule has 3 unspecified atom stereocenters. The first-order valence-electron chi connectivity index (χ1n) is 9.85. The number of nitrogens with two attached hydrogens (primary N) is 1. The highest BCUT2D eigenvalue weighted by Gasteiger charge is 2.34. The smallest absolute Gasteiger partial charge is 0.234 e. The SMILES string of the molecule is CC1CCCC(NC(=O)CN2C[C@@H](CN)[C@H](c3ccccc3)C2)C1C.Cl.